The summed E-state index contributed by atoms with van der Waals surface area (Å²) in [6.45, 7) is 2.72. The molecule has 3 aromatic rings. The van der Waals surface area contributed by atoms with Crippen LogP contribution in [0.5, 0.6) is 0 Å². The van der Waals surface area contributed by atoms with Crippen molar-refractivity contribution in [1.82, 2.24) is 15.5 Å². The number of nitrogens with zero attached hydrogens (tertiary/aromatic N) is 2. The summed E-state index contributed by atoms with van der Waals surface area (Å²) >= 11 is 6.08. The van der Waals surface area contributed by atoms with E-state index in [9.17, 15) is 14.4 Å². The summed E-state index contributed by atoms with van der Waals surface area (Å²) in [5.74, 6) is -0.307. The van der Waals surface area contributed by atoms with Crippen LogP contribution in [0.1, 0.15) is 16.7 Å². The molecule has 3 aromatic carbocycles. The average Bonchev–Trinajstić information content (AvgIpc) is 3.01. The third-order valence-corrected chi connectivity index (χ3v) is 7.88. The van der Waals surface area contributed by atoms with Gasteiger partial charge in [0.15, 0.2) is 0 Å². The van der Waals surface area contributed by atoms with Crippen LogP contribution in [0.2, 0.25) is 5.02 Å². The van der Waals surface area contributed by atoms with E-state index in [2.05, 4.69) is 26.9 Å². The number of benzene rings is 3. The monoisotopic (exact) mass is 575 g/mol. The Labute approximate surface area is 244 Å². The minimum Gasteiger partial charge on any atom is -0.453 e. The molecule has 10 heteroatoms. The van der Waals surface area contributed by atoms with E-state index in [1.165, 1.54) is 12.7 Å². The number of fused-ring (bicyclic) bond motifs is 1. The van der Waals surface area contributed by atoms with E-state index in [4.69, 9.17) is 16.3 Å². The minimum atomic E-state index is -0.720. The molecule has 0 unspecified atom stereocenters. The fourth-order valence-electron chi connectivity index (χ4n) is 5.37. The number of hydrogen-bond donors (Lipinski definition) is 3. The Balaban J connectivity index is 1.27. The summed E-state index contributed by atoms with van der Waals surface area (Å²) in [5, 5.41) is 9.74. The van der Waals surface area contributed by atoms with Crippen LogP contribution in [0.4, 0.5) is 16.2 Å². The first-order valence-corrected chi connectivity index (χ1v) is 14.1. The standard InChI is InChI=1S/C31H34ClN5O4/c1-41-31(40)35-25-8-4-5-9-28(25)36-14-16-37(17-15-36)30(39)27(18-21-10-12-24(32)13-11-21)34-29(38)26-19-22-6-2-3-7-23(22)20-33-26/h2-13,26-27,33H,14-20H2,1H3,(H,34,38)(H,35,40)/t26-,27-/m1/s1. The van der Waals surface area contributed by atoms with E-state index in [-0.39, 0.29) is 11.8 Å². The number of methoxy groups -OCH3 is 1. The summed E-state index contributed by atoms with van der Waals surface area (Å²) in [6, 6.07) is 21.8. The SMILES string of the molecule is COC(=O)Nc1ccccc1N1CCN(C(=O)[C@@H](Cc2ccc(Cl)cc2)NC(=O)[C@H]2Cc3ccccc3CN2)CC1. The van der Waals surface area contributed by atoms with Crippen molar-refractivity contribution >= 4 is 40.9 Å². The summed E-state index contributed by atoms with van der Waals surface area (Å²) < 4.78 is 4.75. The Morgan fingerprint density at radius 2 is 1.63 bits per heavy atom. The predicted molar refractivity (Wildman–Crippen MR) is 159 cm³/mol. The Morgan fingerprint density at radius 3 is 2.37 bits per heavy atom. The van der Waals surface area contributed by atoms with Crippen LogP contribution >= 0.6 is 11.6 Å². The van der Waals surface area contributed by atoms with Crippen molar-refractivity contribution in [3.05, 3.63) is 94.5 Å². The van der Waals surface area contributed by atoms with Gasteiger partial charge in [-0.2, -0.15) is 0 Å². The van der Waals surface area contributed by atoms with Gasteiger partial charge in [-0.25, -0.2) is 4.79 Å². The number of para-hydroxylation sites is 2. The molecule has 3 amide bonds. The van der Waals surface area contributed by atoms with Crippen LogP contribution in [0.25, 0.3) is 0 Å². The highest BCUT2D eigenvalue weighted by Gasteiger charge is 2.32. The van der Waals surface area contributed by atoms with E-state index in [1.807, 2.05) is 54.6 Å². The summed E-state index contributed by atoms with van der Waals surface area (Å²) in [7, 11) is 1.32. The molecule has 2 aliphatic heterocycles. The Hall–Kier alpha value is -4.08. The highest BCUT2D eigenvalue weighted by atomic mass is 35.5. The zero-order chi connectivity index (χ0) is 28.8. The fraction of sp³-hybridized carbons (Fsp3) is 0.323. The molecule has 0 saturated carbocycles. The lowest BCUT2D eigenvalue weighted by atomic mass is 9.95. The van der Waals surface area contributed by atoms with Crippen LogP contribution in [0.3, 0.4) is 0 Å². The molecule has 2 aliphatic rings. The van der Waals surface area contributed by atoms with Gasteiger partial charge < -0.3 is 25.2 Å². The number of carbonyl (C=O) groups is 3. The van der Waals surface area contributed by atoms with Crippen molar-refractivity contribution in [3.8, 4) is 0 Å². The van der Waals surface area contributed by atoms with Crippen LogP contribution in [0.15, 0.2) is 72.8 Å². The molecule has 0 spiro atoms. The van der Waals surface area contributed by atoms with E-state index in [0.717, 1.165) is 16.8 Å². The topological polar surface area (TPSA) is 103 Å². The zero-order valence-corrected chi connectivity index (χ0v) is 23.7. The third-order valence-electron chi connectivity index (χ3n) is 7.62. The summed E-state index contributed by atoms with van der Waals surface area (Å²) in [4.78, 5) is 43.0. The number of hydrogen-bond acceptors (Lipinski definition) is 6. The van der Waals surface area contributed by atoms with E-state index in [0.29, 0.717) is 56.3 Å². The van der Waals surface area contributed by atoms with Crippen molar-refractivity contribution < 1.29 is 19.1 Å². The first kappa shape index (κ1) is 28.4. The van der Waals surface area contributed by atoms with Crippen molar-refractivity contribution in [2.24, 2.45) is 0 Å². The second-order valence-electron chi connectivity index (χ2n) is 10.2. The number of amides is 3. The molecule has 9 nitrogen and oxygen atoms in total. The van der Waals surface area contributed by atoms with Gasteiger partial charge in [-0.3, -0.25) is 14.9 Å². The molecule has 0 aromatic heterocycles. The van der Waals surface area contributed by atoms with Crippen LogP contribution in [-0.4, -0.2) is 68.2 Å². The maximum atomic E-state index is 13.9. The number of rotatable bonds is 7. The van der Waals surface area contributed by atoms with Crippen molar-refractivity contribution in [1.29, 1.82) is 0 Å². The molecule has 5 rings (SSSR count). The lowest BCUT2D eigenvalue weighted by Gasteiger charge is -2.38. The van der Waals surface area contributed by atoms with Crippen LogP contribution < -0.4 is 20.9 Å². The molecule has 214 valence electrons. The molecule has 41 heavy (non-hydrogen) atoms. The summed E-state index contributed by atoms with van der Waals surface area (Å²) in [5.41, 5.74) is 4.75. The minimum absolute atomic E-state index is 0.120. The van der Waals surface area contributed by atoms with Gasteiger partial charge in [0.25, 0.3) is 0 Å². The fourth-order valence-corrected chi connectivity index (χ4v) is 5.50. The van der Waals surface area contributed by atoms with Gasteiger partial charge in [-0.05, 0) is 47.4 Å². The number of halogens is 1. The lowest BCUT2D eigenvalue weighted by Crippen LogP contribution is -2.58. The molecular weight excluding hydrogens is 542 g/mol. The van der Waals surface area contributed by atoms with Crippen LogP contribution in [0, 0.1) is 0 Å². The van der Waals surface area contributed by atoms with Crippen molar-refractivity contribution in [2.45, 2.75) is 31.5 Å². The molecule has 0 radical (unpaired) electrons. The smallest absolute Gasteiger partial charge is 0.411 e. The molecule has 0 bridgehead atoms. The third kappa shape index (κ3) is 6.99. The Morgan fingerprint density at radius 1 is 0.951 bits per heavy atom. The predicted octanol–water partition coefficient (Wildman–Crippen LogP) is 3.61. The van der Waals surface area contributed by atoms with Crippen molar-refractivity contribution in [3.63, 3.8) is 0 Å². The van der Waals surface area contributed by atoms with E-state index < -0.39 is 18.2 Å². The molecular formula is C31H34ClN5O4. The van der Waals surface area contributed by atoms with Gasteiger partial charge in [-0.15, -0.1) is 0 Å². The number of ether oxygens (including phenoxy) is 1. The van der Waals surface area contributed by atoms with Gasteiger partial charge in [0.05, 0.1) is 24.5 Å². The number of carbonyl (C=O) groups excluding carboxylic acids is 3. The average molecular weight is 576 g/mol. The Kier molecular flexibility index (Phi) is 9.06. The molecule has 0 aliphatic carbocycles. The number of anilines is 2. The maximum absolute atomic E-state index is 13.9. The first-order chi connectivity index (χ1) is 19.9. The van der Waals surface area contributed by atoms with E-state index in [1.54, 1.807) is 17.0 Å². The first-order valence-electron chi connectivity index (χ1n) is 13.7. The molecule has 2 atom stereocenters. The second-order valence-corrected chi connectivity index (χ2v) is 10.7. The highest BCUT2D eigenvalue weighted by Crippen LogP contribution is 2.27. The van der Waals surface area contributed by atoms with Crippen LogP contribution in [-0.2, 0) is 33.7 Å². The molecule has 1 fully saturated rings. The second kappa shape index (κ2) is 13.1. The quantitative estimate of drug-likeness (QED) is 0.398. The molecule has 3 N–H and O–H groups in total. The van der Waals surface area contributed by atoms with Crippen molar-refractivity contribution in [2.75, 3.05) is 43.5 Å². The van der Waals surface area contributed by atoms with Gasteiger partial charge in [0.1, 0.15) is 6.04 Å². The lowest BCUT2D eigenvalue weighted by molar-refractivity contribution is -0.137. The highest BCUT2D eigenvalue weighted by molar-refractivity contribution is 6.30. The normalized spacial score (nSPS) is 17.3. The van der Waals surface area contributed by atoms with Gasteiger partial charge in [-0.1, -0.05) is 60.1 Å². The maximum Gasteiger partial charge on any atom is 0.411 e. The number of nitrogens with one attached hydrogen (secondary N) is 3. The molecule has 1 saturated heterocycles. The number of piperazine rings is 1. The molecule has 2 heterocycles. The van der Waals surface area contributed by atoms with E-state index >= 15 is 0 Å². The van der Waals surface area contributed by atoms with Gasteiger partial charge >= 0.3 is 6.09 Å². The van der Waals surface area contributed by atoms with Gasteiger partial charge in [0.2, 0.25) is 11.8 Å². The Bertz CT molecular complexity index is 1390. The largest absolute Gasteiger partial charge is 0.453 e. The summed E-state index contributed by atoms with van der Waals surface area (Å²) in [6.07, 6.45) is 0.390. The zero-order valence-electron chi connectivity index (χ0n) is 22.9. The van der Waals surface area contributed by atoms with Gasteiger partial charge in [0, 0.05) is 44.2 Å².